The van der Waals surface area contributed by atoms with Gasteiger partial charge in [-0.15, -0.1) is 0 Å². The fraction of sp³-hybridized carbons (Fsp3) is 0.581. The lowest BCUT2D eigenvalue weighted by atomic mass is 9.47. The Kier molecular flexibility index (Phi) is 6.68. The highest BCUT2D eigenvalue weighted by Crippen LogP contribution is 2.66. The fourth-order valence-electron chi connectivity index (χ4n) is 8.47. The lowest BCUT2D eigenvalue weighted by Crippen LogP contribution is -2.51. The summed E-state index contributed by atoms with van der Waals surface area (Å²) in [6, 6.07) is 11.4. The third kappa shape index (κ3) is 4.24. The Labute approximate surface area is 215 Å². The van der Waals surface area contributed by atoms with Crippen molar-refractivity contribution in [1.29, 1.82) is 5.26 Å². The summed E-state index contributed by atoms with van der Waals surface area (Å²) in [6.07, 6.45) is 12.7. The first-order chi connectivity index (χ1) is 17.3. The minimum Gasteiger partial charge on any atom is -0.393 e. The van der Waals surface area contributed by atoms with Crippen LogP contribution in [-0.4, -0.2) is 22.8 Å². The molecule has 1 aromatic rings. The number of nitriles is 1. The Morgan fingerprint density at radius 3 is 2.67 bits per heavy atom. The number of nitrogens with one attached hydrogen (secondary N) is 1. The predicted molar refractivity (Wildman–Crippen MR) is 142 cm³/mol. The number of rotatable bonds is 4. The smallest absolute Gasteiger partial charge is 0.282 e. The van der Waals surface area contributed by atoms with E-state index in [0.29, 0.717) is 23.7 Å². The third-order valence-electron chi connectivity index (χ3n) is 10.4. The standard InChI is InChI=1S/C31H39N3O2/c1-20(33-34-29(36)22(19-32)17-21-7-5-4-6-8-21)26-11-12-27-25-10-9-23-18-24(35)13-15-30(23,2)28(25)14-16-31(26,27)3/h4-9,17,24-28,35H,10-16,18H2,1-3H3,(H,34,36)/b22-17-,33-20+/t24-,25-,26+,27-,28-,30-,31+/m0/s1. The molecule has 4 aliphatic carbocycles. The molecule has 0 bridgehead atoms. The van der Waals surface area contributed by atoms with E-state index in [4.69, 9.17) is 0 Å². The Bertz CT molecular complexity index is 1150. The Hall–Kier alpha value is -2.71. The van der Waals surface area contributed by atoms with Gasteiger partial charge in [-0.1, -0.05) is 55.8 Å². The van der Waals surface area contributed by atoms with Gasteiger partial charge in [0.25, 0.3) is 5.91 Å². The highest BCUT2D eigenvalue weighted by Gasteiger charge is 2.59. The van der Waals surface area contributed by atoms with E-state index >= 15 is 0 Å². The van der Waals surface area contributed by atoms with E-state index in [1.165, 1.54) is 24.8 Å². The summed E-state index contributed by atoms with van der Waals surface area (Å²) >= 11 is 0. The van der Waals surface area contributed by atoms with Gasteiger partial charge in [0.05, 0.1) is 6.10 Å². The average Bonchev–Trinajstić information content (AvgIpc) is 3.24. The highest BCUT2D eigenvalue weighted by molar-refractivity contribution is 6.02. The molecule has 0 saturated heterocycles. The topological polar surface area (TPSA) is 85.5 Å². The maximum atomic E-state index is 12.7. The molecule has 5 rings (SSSR count). The maximum absolute atomic E-state index is 12.7. The number of hydrogen-bond acceptors (Lipinski definition) is 4. The number of nitrogens with zero attached hydrogens (tertiary/aromatic N) is 2. The van der Waals surface area contributed by atoms with Crippen molar-refractivity contribution in [2.24, 2.45) is 39.6 Å². The molecule has 1 aromatic carbocycles. The van der Waals surface area contributed by atoms with E-state index in [9.17, 15) is 15.2 Å². The molecule has 0 heterocycles. The van der Waals surface area contributed by atoms with E-state index in [0.717, 1.165) is 43.4 Å². The van der Waals surface area contributed by atoms with Crippen LogP contribution in [0.25, 0.3) is 6.08 Å². The lowest BCUT2D eigenvalue weighted by molar-refractivity contribution is -0.117. The molecule has 1 amide bonds. The molecule has 0 radical (unpaired) electrons. The molecule has 5 heteroatoms. The summed E-state index contributed by atoms with van der Waals surface area (Å²) in [5, 5.41) is 24.3. The predicted octanol–water partition coefficient (Wildman–Crippen LogP) is 6.03. The molecule has 36 heavy (non-hydrogen) atoms. The second-order valence-corrected chi connectivity index (χ2v) is 12.1. The van der Waals surface area contributed by atoms with Crippen molar-refractivity contribution >= 4 is 17.7 Å². The molecular weight excluding hydrogens is 446 g/mol. The summed E-state index contributed by atoms with van der Waals surface area (Å²) in [4.78, 5) is 12.7. The molecule has 3 fully saturated rings. The SMILES string of the molecule is C/C(=N\NC(=O)/C(C#N)=C\c1ccccc1)[C@H]1CC[C@H]2[C@@H]3CC=C4C[C@@H](O)CC[C@]4(C)[C@H]3CC[C@]12C. The first kappa shape index (κ1) is 25.0. The van der Waals surface area contributed by atoms with Crippen LogP contribution in [0.2, 0.25) is 0 Å². The van der Waals surface area contributed by atoms with E-state index < -0.39 is 5.91 Å². The number of allylic oxidation sites excluding steroid dienone is 1. The number of fused-ring (bicyclic) bond motifs is 5. The van der Waals surface area contributed by atoms with Crippen molar-refractivity contribution in [1.82, 2.24) is 5.43 Å². The van der Waals surface area contributed by atoms with Crippen molar-refractivity contribution in [3.8, 4) is 6.07 Å². The quantitative estimate of drug-likeness (QED) is 0.180. The summed E-state index contributed by atoms with van der Waals surface area (Å²) in [6.45, 7) is 6.96. The number of hydrogen-bond donors (Lipinski definition) is 2. The second kappa shape index (κ2) is 9.63. The summed E-state index contributed by atoms with van der Waals surface area (Å²) in [7, 11) is 0. The van der Waals surface area contributed by atoms with Gasteiger partial charge >= 0.3 is 0 Å². The summed E-state index contributed by atoms with van der Waals surface area (Å²) in [5.41, 5.74) is 6.47. The molecule has 4 aliphatic rings. The van der Waals surface area contributed by atoms with E-state index in [-0.39, 0.29) is 22.5 Å². The monoisotopic (exact) mass is 485 g/mol. The lowest BCUT2D eigenvalue weighted by Gasteiger charge is -2.58. The number of amides is 1. The van der Waals surface area contributed by atoms with Crippen LogP contribution in [-0.2, 0) is 4.79 Å². The van der Waals surface area contributed by atoms with Gasteiger partial charge in [-0.25, -0.2) is 5.43 Å². The molecule has 2 N–H and O–H groups in total. The van der Waals surface area contributed by atoms with Gasteiger partial charge in [0, 0.05) is 11.6 Å². The van der Waals surface area contributed by atoms with Gasteiger partial charge in [-0.3, -0.25) is 4.79 Å². The number of carbonyl (C=O) groups excluding carboxylic acids is 1. The van der Waals surface area contributed by atoms with Crippen LogP contribution in [0.15, 0.2) is 52.7 Å². The van der Waals surface area contributed by atoms with Crippen LogP contribution in [0.5, 0.6) is 0 Å². The number of aliphatic hydroxyl groups excluding tert-OH is 1. The molecule has 0 aliphatic heterocycles. The zero-order valence-electron chi connectivity index (χ0n) is 21.8. The van der Waals surface area contributed by atoms with Gasteiger partial charge in [0.1, 0.15) is 11.6 Å². The minimum absolute atomic E-state index is 0.0596. The number of hydrazone groups is 1. The van der Waals surface area contributed by atoms with Crippen molar-refractivity contribution in [2.45, 2.75) is 78.2 Å². The van der Waals surface area contributed by atoms with Gasteiger partial charge in [0.2, 0.25) is 0 Å². The molecular formula is C31H39N3O2. The Morgan fingerprint density at radius 1 is 1.14 bits per heavy atom. The molecule has 5 nitrogen and oxygen atoms in total. The van der Waals surface area contributed by atoms with Crippen LogP contribution < -0.4 is 5.43 Å². The van der Waals surface area contributed by atoms with Gasteiger partial charge < -0.3 is 5.11 Å². The van der Waals surface area contributed by atoms with Gasteiger partial charge in [0.15, 0.2) is 0 Å². The zero-order chi connectivity index (χ0) is 25.5. The van der Waals surface area contributed by atoms with Crippen LogP contribution in [0.4, 0.5) is 0 Å². The normalized spacial score (nSPS) is 38.2. The molecule has 0 spiro atoms. The average molecular weight is 486 g/mol. The number of benzene rings is 1. The van der Waals surface area contributed by atoms with Crippen molar-refractivity contribution in [2.75, 3.05) is 0 Å². The second-order valence-electron chi connectivity index (χ2n) is 12.1. The van der Waals surface area contributed by atoms with Crippen LogP contribution in [0.3, 0.4) is 0 Å². The third-order valence-corrected chi connectivity index (χ3v) is 10.4. The van der Waals surface area contributed by atoms with Crippen LogP contribution >= 0.6 is 0 Å². The fourth-order valence-corrected chi connectivity index (χ4v) is 8.47. The molecule has 7 atom stereocenters. The maximum Gasteiger partial charge on any atom is 0.282 e. The molecule has 190 valence electrons. The first-order valence-electron chi connectivity index (χ1n) is 13.6. The highest BCUT2D eigenvalue weighted by atomic mass is 16.3. The molecule has 0 aromatic heterocycles. The molecule has 3 saturated carbocycles. The van der Waals surface area contributed by atoms with Crippen molar-refractivity contribution in [3.05, 3.63) is 53.1 Å². The van der Waals surface area contributed by atoms with Crippen LogP contribution in [0.1, 0.15) is 77.7 Å². The summed E-state index contributed by atoms with van der Waals surface area (Å²) in [5.74, 6) is 1.95. The van der Waals surface area contributed by atoms with Crippen LogP contribution in [0, 0.1) is 45.8 Å². The minimum atomic E-state index is -0.457. The van der Waals surface area contributed by atoms with E-state index in [1.807, 2.05) is 43.3 Å². The number of aliphatic hydroxyl groups is 1. The number of carbonyl (C=O) groups is 1. The summed E-state index contributed by atoms with van der Waals surface area (Å²) < 4.78 is 0. The van der Waals surface area contributed by atoms with E-state index in [2.05, 4.69) is 30.5 Å². The van der Waals surface area contributed by atoms with Crippen molar-refractivity contribution < 1.29 is 9.90 Å². The zero-order valence-corrected chi connectivity index (χ0v) is 21.8. The first-order valence-corrected chi connectivity index (χ1v) is 13.6. The van der Waals surface area contributed by atoms with E-state index in [1.54, 1.807) is 6.08 Å². The van der Waals surface area contributed by atoms with Gasteiger partial charge in [-0.05, 0) is 98.5 Å². The Balaban J connectivity index is 1.30. The molecule has 0 unspecified atom stereocenters. The van der Waals surface area contributed by atoms with Crippen molar-refractivity contribution in [3.63, 3.8) is 0 Å². The largest absolute Gasteiger partial charge is 0.393 e. The van der Waals surface area contributed by atoms with Gasteiger partial charge in [-0.2, -0.15) is 10.4 Å². The Morgan fingerprint density at radius 2 is 1.92 bits per heavy atom.